The average molecular weight is 377 g/mol. The molecule has 1 aromatic heterocycles. The second-order valence-corrected chi connectivity index (χ2v) is 7.38. The van der Waals surface area contributed by atoms with Crippen molar-refractivity contribution in [2.45, 2.75) is 13.8 Å². The molecule has 2 aromatic carbocycles. The Morgan fingerprint density at radius 2 is 1.64 bits per heavy atom. The van der Waals surface area contributed by atoms with E-state index < -0.39 is 0 Å². The van der Waals surface area contributed by atoms with Crippen LogP contribution < -0.4 is 0 Å². The molecule has 6 heteroatoms. The fourth-order valence-corrected chi connectivity index (χ4v) is 3.55. The van der Waals surface area contributed by atoms with Gasteiger partial charge in [0.15, 0.2) is 5.76 Å². The largest absolute Gasteiger partial charge is 0.355 e. The third-order valence-corrected chi connectivity index (χ3v) is 5.13. The fraction of sp³-hybridized carbons (Fsp3) is 0.318. The Hall–Kier alpha value is -3.15. The smallest absolute Gasteiger partial charge is 0.254 e. The lowest BCUT2D eigenvalue weighted by molar-refractivity contribution is -0.135. The normalized spacial score (nSPS) is 14.7. The number of carbonyl (C=O) groups excluding carboxylic acids is 2. The highest BCUT2D eigenvalue weighted by Gasteiger charge is 2.26. The summed E-state index contributed by atoms with van der Waals surface area (Å²) in [5.74, 6) is 0.761. The predicted octanol–water partition coefficient (Wildman–Crippen LogP) is 3.44. The van der Waals surface area contributed by atoms with Gasteiger partial charge >= 0.3 is 0 Å². The summed E-state index contributed by atoms with van der Waals surface area (Å²) < 4.78 is 5.53. The van der Waals surface area contributed by atoms with Crippen LogP contribution in [0, 0.1) is 5.92 Å². The van der Waals surface area contributed by atoms with Crippen LogP contribution in [0.15, 0.2) is 53.1 Å². The van der Waals surface area contributed by atoms with Gasteiger partial charge in [-0.25, -0.2) is 0 Å². The highest BCUT2D eigenvalue weighted by atomic mass is 16.5. The van der Waals surface area contributed by atoms with Crippen molar-refractivity contribution in [3.05, 3.63) is 54.1 Å². The van der Waals surface area contributed by atoms with Gasteiger partial charge in [0.05, 0.1) is 5.39 Å². The summed E-state index contributed by atoms with van der Waals surface area (Å²) in [6.45, 7) is 6.05. The highest BCUT2D eigenvalue weighted by Crippen LogP contribution is 2.29. The number of hydrogen-bond donors (Lipinski definition) is 0. The fourth-order valence-electron chi connectivity index (χ4n) is 3.55. The second kappa shape index (κ2) is 7.46. The molecule has 0 radical (unpaired) electrons. The summed E-state index contributed by atoms with van der Waals surface area (Å²) >= 11 is 0. The number of aromatic nitrogens is 1. The molecule has 0 spiro atoms. The first-order valence-corrected chi connectivity index (χ1v) is 9.57. The number of hydrogen-bond acceptors (Lipinski definition) is 4. The van der Waals surface area contributed by atoms with E-state index in [1.54, 1.807) is 11.0 Å². The summed E-state index contributed by atoms with van der Waals surface area (Å²) in [6.07, 6.45) is 0. The zero-order chi connectivity index (χ0) is 19.7. The van der Waals surface area contributed by atoms with Crippen molar-refractivity contribution in [2.24, 2.45) is 5.92 Å². The SMILES string of the molecule is CC(C)C(=O)N1CCN(C(=O)c2ccc3noc(-c4ccccc4)c3c2)CC1. The van der Waals surface area contributed by atoms with Crippen LogP contribution in [-0.4, -0.2) is 52.9 Å². The first-order valence-electron chi connectivity index (χ1n) is 9.57. The zero-order valence-electron chi connectivity index (χ0n) is 16.1. The van der Waals surface area contributed by atoms with E-state index in [-0.39, 0.29) is 17.7 Å². The molecule has 0 N–H and O–H groups in total. The molecular formula is C22H23N3O3. The third-order valence-electron chi connectivity index (χ3n) is 5.13. The van der Waals surface area contributed by atoms with Crippen molar-refractivity contribution in [1.82, 2.24) is 15.0 Å². The maximum absolute atomic E-state index is 13.0. The molecule has 1 aliphatic heterocycles. The summed E-state index contributed by atoms with van der Waals surface area (Å²) in [4.78, 5) is 28.8. The van der Waals surface area contributed by atoms with Crippen LogP contribution in [0.25, 0.3) is 22.2 Å². The summed E-state index contributed by atoms with van der Waals surface area (Å²) in [7, 11) is 0. The van der Waals surface area contributed by atoms with Gasteiger partial charge in [-0.15, -0.1) is 0 Å². The van der Waals surface area contributed by atoms with Crippen molar-refractivity contribution in [3.63, 3.8) is 0 Å². The average Bonchev–Trinajstić information content (AvgIpc) is 3.16. The van der Waals surface area contributed by atoms with Crippen LogP contribution in [0.3, 0.4) is 0 Å². The topological polar surface area (TPSA) is 66.7 Å². The Kier molecular flexibility index (Phi) is 4.86. The van der Waals surface area contributed by atoms with E-state index in [9.17, 15) is 9.59 Å². The van der Waals surface area contributed by atoms with Crippen LogP contribution in [0.2, 0.25) is 0 Å². The Bertz CT molecular complexity index is 1000. The van der Waals surface area contributed by atoms with Crippen LogP contribution in [0.4, 0.5) is 0 Å². The molecule has 0 saturated carbocycles. The lowest BCUT2D eigenvalue weighted by Crippen LogP contribution is -2.51. The number of benzene rings is 2. The van der Waals surface area contributed by atoms with Gasteiger partial charge < -0.3 is 14.3 Å². The van der Waals surface area contributed by atoms with Crippen LogP contribution >= 0.6 is 0 Å². The monoisotopic (exact) mass is 377 g/mol. The summed E-state index contributed by atoms with van der Waals surface area (Å²) in [6, 6.07) is 15.2. The molecule has 1 fully saturated rings. The molecule has 3 aromatic rings. The van der Waals surface area contributed by atoms with Crippen LogP contribution in [-0.2, 0) is 4.79 Å². The molecule has 28 heavy (non-hydrogen) atoms. The van der Waals surface area contributed by atoms with Crippen LogP contribution in [0.5, 0.6) is 0 Å². The number of rotatable bonds is 3. The lowest BCUT2D eigenvalue weighted by Gasteiger charge is -2.35. The molecule has 0 bridgehead atoms. The van der Waals surface area contributed by atoms with E-state index >= 15 is 0 Å². The van der Waals surface area contributed by atoms with E-state index in [1.165, 1.54) is 0 Å². The molecule has 0 unspecified atom stereocenters. The number of amides is 2. The Morgan fingerprint density at radius 1 is 0.964 bits per heavy atom. The molecule has 144 valence electrons. The van der Waals surface area contributed by atoms with Crippen molar-refractivity contribution in [1.29, 1.82) is 0 Å². The standard InChI is InChI=1S/C22H23N3O3/c1-15(2)21(26)24-10-12-25(13-11-24)22(27)17-8-9-19-18(14-17)20(28-23-19)16-6-4-3-5-7-16/h3-9,14-15H,10-13H2,1-2H3. The number of piperazine rings is 1. The van der Waals surface area contributed by atoms with E-state index in [4.69, 9.17) is 4.52 Å². The van der Waals surface area contributed by atoms with Crippen molar-refractivity contribution < 1.29 is 14.1 Å². The Labute approximate surface area is 163 Å². The van der Waals surface area contributed by atoms with E-state index in [0.717, 1.165) is 16.5 Å². The Balaban J connectivity index is 1.55. The predicted molar refractivity (Wildman–Crippen MR) is 107 cm³/mol. The van der Waals surface area contributed by atoms with Gasteiger partial charge in [0.25, 0.3) is 5.91 Å². The zero-order valence-corrected chi connectivity index (χ0v) is 16.1. The van der Waals surface area contributed by atoms with Crippen LogP contribution in [0.1, 0.15) is 24.2 Å². The summed E-state index contributed by atoms with van der Waals surface area (Å²) in [5.41, 5.74) is 2.26. The minimum atomic E-state index is -0.0289. The molecule has 1 saturated heterocycles. The lowest BCUT2D eigenvalue weighted by atomic mass is 10.1. The van der Waals surface area contributed by atoms with Crippen molar-refractivity contribution >= 4 is 22.7 Å². The molecule has 2 heterocycles. The molecule has 1 aliphatic rings. The van der Waals surface area contributed by atoms with E-state index in [1.807, 2.05) is 61.2 Å². The number of carbonyl (C=O) groups is 2. The molecular weight excluding hydrogens is 354 g/mol. The highest BCUT2D eigenvalue weighted by molar-refractivity contribution is 6.01. The minimum Gasteiger partial charge on any atom is -0.355 e. The molecule has 0 atom stereocenters. The van der Waals surface area contributed by atoms with Crippen molar-refractivity contribution in [3.8, 4) is 11.3 Å². The molecule has 6 nitrogen and oxygen atoms in total. The quantitative estimate of drug-likeness (QED) is 0.701. The molecule has 0 aliphatic carbocycles. The molecule has 2 amide bonds. The second-order valence-electron chi connectivity index (χ2n) is 7.38. The van der Waals surface area contributed by atoms with E-state index in [0.29, 0.717) is 37.5 Å². The Morgan fingerprint density at radius 3 is 2.32 bits per heavy atom. The van der Waals surface area contributed by atoms with Gasteiger partial charge in [-0.3, -0.25) is 9.59 Å². The minimum absolute atomic E-state index is 0.0188. The van der Waals surface area contributed by atoms with Gasteiger partial charge in [-0.05, 0) is 18.2 Å². The van der Waals surface area contributed by atoms with E-state index in [2.05, 4.69) is 5.16 Å². The maximum Gasteiger partial charge on any atom is 0.254 e. The third kappa shape index (κ3) is 3.38. The summed E-state index contributed by atoms with van der Waals surface area (Å²) in [5, 5.41) is 4.93. The number of fused-ring (bicyclic) bond motifs is 1. The maximum atomic E-state index is 13.0. The first kappa shape index (κ1) is 18.2. The van der Waals surface area contributed by atoms with Crippen molar-refractivity contribution in [2.75, 3.05) is 26.2 Å². The van der Waals surface area contributed by atoms with Gasteiger partial charge in [-0.1, -0.05) is 49.3 Å². The molecule has 4 rings (SSSR count). The van der Waals surface area contributed by atoms with Gasteiger partial charge in [0.2, 0.25) is 5.91 Å². The van der Waals surface area contributed by atoms with Gasteiger partial charge in [-0.2, -0.15) is 0 Å². The van der Waals surface area contributed by atoms with Gasteiger partial charge in [0, 0.05) is 43.2 Å². The number of nitrogens with zero attached hydrogens (tertiary/aromatic N) is 3. The van der Waals surface area contributed by atoms with Gasteiger partial charge in [0.1, 0.15) is 5.52 Å². The first-order chi connectivity index (χ1) is 13.5.